The van der Waals surface area contributed by atoms with E-state index in [2.05, 4.69) is 10.6 Å². The number of hydrogen-bond donors (Lipinski definition) is 4. The van der Waals surface area contributed by atoms with Crippen LogP contribution in [0.25, 0.3) is 0 Å². The van der Waals surface area contributed by atoms with Crippen molar-refractivity contribution < 1.29 is 19.8 Å². The van der Waals surface area contributed by atoms with Crippen LogP contribution in [0.5, 0.6) is 0 Å². The maximum atomic E-state index is 10.5. The highest BCUT2D eigenvalue weighted by Gasteiger charge is 2.23. The topological polar surface area (TPSA) is 98.7 Å². The quantitative estimate of drug-likeness (QED) is 0.545. The second-order valence-electron chi connectivity index (χ2n) is 6.13. The Hall–Kier alpha value is -1.14. The van der Waals surface area contributed by atoms with Gasteiger partial charge < -0.3 is 20.8 Å². The molecular weight excluding hydrogens is 284 g/mol. The number of rotatable bonds is 8. The van der Waals surface area contributed by atoms with Gasteiger partial charge in [-0.15, -0.1) is 0 Å². The molecule has 132 valence electrons. The van der Waals surface area contributed by atoms with Crippen LogP contribution in [0.4, 0.5) is 0 Å². The fourth-order valence-corrected chi connectivity index (χ4v) is 1.84. The average molecular weight is 318 g/mol. The van der Waals surface area contributed by atoms with Crippen molar-refractivity contribution in [3.05, 3.63) is 0 Å². The van der Waals surface area contributed by atoms with E-state index in [0.29, 0.717) is 0 Å². The first kappa shape index (κ1) is 23.1. The fourth-order valence-electron chi connectivity index (χ4n) is 1.84. The molecule has 6 atom stereocenters. The second kappa shape index (κ2) is 11.4. The number of aliphatic carboxylic acids is 2. The molecule has 3 unspecified atom stereocenters. The van der Waals surface area contributed by atoms with Crippen LogP contribution in [-0.2, 0) is 9.59 Å². The standard InChI is InChI=1S/2C8H17NO2/c2*1-5(7(3)9-4)6(2)8(10)11/h2*5-7,9H,1-4H3,(H,10,11)/t5?,6-,7?;5?,6-,7-/m00/s1. The summed E-state index contributed by atoms with van der Waals surface area (Å²) in [7, 11) is 3.69. The maximum absolute atomic E-state index is 10.5. The molecule has 0 aromatic rings. The number of hydrogen-bond acceptors (Lipinski definition) is 4. The molecule has 0 aliphatic carbocycles. The second-order valence-corrected chi connectivity index (χ2v) is 6.13. The van der Waals surface area contributed by atoms with Crippen molar-refractivity contribution in [2.75, 3.05) is 14.1 Å². The molecule has 0 saturated carbocycles. The third kappa shape index (κ3) is 8.34. The van der Waals surface area contributed by atoms with Gasteiger partial charge in [-0.3, -0.25) is 9.59 Å². The molecule has 0 aromatic heterocycles. The highest BCUT2D eigenvalue weighted by Crippen LogP contribution is 2.15. The molecule has 0 heterocycles. The van der Waals surface area contributed by atoms with Crippen molar-refractivity contribution in [2.24, 2.45) is 23.7 Å². The minimum Gasteiger partial charge on any atom is -0.481 e. The summed E-state index contributed by atoms with van der Waals surface area (Å²) in [5, 5.41) is 23.4. The molecule has 4 N–H and O–H groups in total. The molecule has 0 spiro atoms. The van der Waals surface area contributed by atoms with Gasteiger partial charge in [0.05, 0.1) is 11.8 Å². The van der Waals surface area contributed by atoms with Crippen LogP contribution in [0.2, 0.25) is 0 Å². The van der Waals surface area contributed by atoms with Gasteiger partial charge in [0.25, 0.3) is 0 Å². The Bertz CT molecular complexity index is 304. The van der Waals surface area contributed by atoms with Crippen LogP contribution in [0.3, 0.4) is 0 Å². The van der Waals surface area contributed by atoms with Gasteiger partial charge in [0, 0.05) is 12.1 Å². The van der Waals surface area contributed by atoms with E-state index in [4.69, 9.17) is 10.2 Å². The molecule has 22 heavy (non-hydrogen) atoms. The van der Waals surface area contributed by atoms with Gasteiger partial charge in [-0.1, -0.05) is 27.7 Å². The summed E-state index contributed by atoms with van der Waals surface area (Å²) < 4.78 is 0. The lowest BCUT2D eigenvalue weighted by Gasteiger charge is -2.22. The Labute approximate surface area is 134 Å². The van der Waals surface area contributed by atoms with Gasteiger partial charge in [-0.25, -0.2) is 0 Å². The van der Waals surface area contributed by atoms with Crippen LogP contribution in [-0.4, -0.2) is 48.3 Å². The average Bonchev–Trinajstić information content (AvgIpc) is 2.50. The van der Waals surface area contributed by atoms with Crippen molar-refractivity contribution in [2.45, 2.75) is 53.6 Å². The van der Waals surface area contributed by atoms with E-state index in [-0.39, 0.29) is 35.8 Å². The number of carboxylic acids is 2. The molecule has 0 saturated heterocycles. The Morgan fingerprint density at radius 1 is 0.682 bits per heavy atom. The normalized spacial score (nSPS) is 18.9. The molecule has 0 radical (unpaired) electrons. The third-order valence-corrected chi connectivity index (χ3v) is 4.84. The van der Waals surface area contributed by atoms with Gasteiger partial charge in [0.1, 0.15) is 0 Å². The van der Waals surface area contributed by atoms with E-state index in [1.54, 1.807) is 13.8 Å². The van der Waals surface area contributed by atoms with Crippen molar-refractivity contribution in [1.29, 1.82) is 0 Å². The van der Waals surface area contributed by atoms with Gasteiger partial charge >= 0.3 is 11.9 Å². The largest absolute Gasteiger partial charge is 0.481 e. The lowest BCUT2D eigenvalue weighted by Crippen LogP contribution is -2.35. The zero-order valence-corrected chi connectivity index (χ0v) is 15.2. The van der Waals surface area contributed by atoms with Crippen molar-refractivity contribution in [3.63, 3.8) is 0 Å². The number of nitrogens with one attached hydrogen (secondary N) is 2. The van der Waals surface area contributed by atoms with Crippen molar-refractivity contribution >= 4 is 11.9 Å². The third-order valence-electron chi connectivity index (χ3n) is 4.84. The van der Waals surface area contributed by atoms with Gasteiger partial charge in [0.2, 0.25) is 0 Å². The molecule has 0 aliphatic heterocycles. The summed E-state index contributed by atoms with van der Waals surface area (Å²) in [6.45, 7) is 11.3. The predicted molar refractivity (Wildman–Crippen MR) is 89.0 cm³/mol. The molecule has 0 bridgehead atoms. The lowest BCUT2D eigenvalue weighted by atomic mass is 9.90. The smallest absolute Gasteiger partial charge is 0.306 e. The summed E-state index contributed by atoms with van der Waals surface area (Å²) >= 11 is 0. The monoisotopic (exact) mass is 318 g/mol. The first-order valence-electron chi connectivity index (χ1n) is 7.81. The zero-order valence-electron chi connectivity index (χ0n) is 15.2. The summed E-state index contributed by atoms with van der Waals surface area (Å²) in [6.07, 6.45) is 0. The van der Waals surface area contributed by atoms with Crippen LogP contribution < -0.4 is 10.6 Å². The van der Waals surface area contributed by atoms with E-state index < -0.39 is 11.9 Å². The Balaban J connectivity index is 0. The minimum atomic E-state index is -0.723. The zero-order chi connectivity index (χ0) is 18.0. The van der Waals surface area contributed by atoms with E-state index in [9.17, 15) is 9.59 Å². The van der Waals surface area contributed by atoms with E-state index in [1.807, 2.05) is 41.8 Å². The molecule has 0 fully saturated rings. The molecule has 0 amide bonds. The SMILES string of the molecule is CNC(C)C(C)[C@H](C)C(=O)O.CN[C@@H](C)C(C)[C@H](C)C(=O)O. The highest BCUT2D eigenvalue weighted by atomic mass is 16.4. The van der Waals surface area contributed by atoms with E-state index >= 15 is 0 Å². The van der Waals surface area contributed by atoms with Crippen LogP contribution in [0, 0.1) is 23.7 Å². The van der Waals surface area contributed by atoms with E-state index in [1.165, 1.54) is 0 Å². The molecule has 0 aromatic carbocycles. The molecule has 6 heteroatoms. The molecule has 0 rings (SSSR count). The number of carbonyl (C=O) groups is 2. The molecule has 0 aliphatic rings. The van der Waals surface area contributed by atoms with Crippen LogP contribution >= 0.6 is 0 Å². The van der Waals surface area contributed by atoms with Crippen LogP contribution in [0.1, 0.15) is 41.5 Å². The number of carboxylic acid groups (broad SMARTS) is 2. The van der Waals surface area contributed by atoms with E-state index in [0.717, 1.165) is 0 Å². The maximum Gasteiger partial charge on any atom is 0.306 e. The summed E-state index contributed by atoms with van der Waals surface area (Å²) in [5.74, 6) is -1.68. The molecular formula is C16H34N2O4. The summed E-state index contributed by atoms with van der Waals surface area (Å²) in [6, 6.07) is 0.502. The Morgan fingerprint density at radius 3 is 1.05 bits per heavy atom. The van der Waals surface area contributed by atoms with Crippen molar-refractivity contribution in [1.82, 2.24) is 10.6 Å². The summed E-state index contributed by atoms with van der Waals surface area (Å²) in [4.78, 5) is 21.1. The van der Waals surface area contributed by atoms with Crippen LogP contribution in [0.15, 0.2) is 0 Å². The first-order chi connectivity index (χ1) is 10.0. The Morgan fingerprint density at radius 2 is 0.909 bits per heavy atom. The predicted octanol–water partition coefficient (Wildman–Crippen LogP) is 1.90. The van der Waals surface area contributed by atoms with Gasteiger partial charge in [-0.05, 0) is 39.8 Å². The fraction of sp³-hybridized carbons (Fsp3) is 0.875. The minimum absolute atomic E-state index is 0.164. The van der Waals surface area contributed by atoms with Crippen molar-refractivity contribution in [3.8, 4) is 0 Å². The molecule has 6 nitrogen and oxygen atoms in total. The van der Waals surface area contributed by atoms with Gasteiger partial charge in [0.15, 0.2) is 0 Å². The van der Waals surface area contributed by atoms with Gasteiger partial charge in [-0.2, -0.15) is 0 Å². The highest BCUT2D eigenvalue weighted by molar-refractivity contribution is 5.70. The first-order valence-corrected chi connectivity index (χ1v) is 7.81. The Kier molecular flexibility index (Phi) is 12.0. The summed E-state index contributed by atoms with van der Waals surface area (Å²) in [5.41, 5.74) is 0. The lowest BCUT2D eigenvalue weighted by molar-refractivity contribution is -0.144.